The molecule has 0 N–H and O–H groups in total. The predicted molar refractivity (Wildman–Crippen MR) is 71.4 cm³/mol. The van der Waals surface area contributed by atoms with Crippen LogP contribution in [0.15, 0.2) is 41.0 Å². The van der Waals surface area contributed by atoms with E-state index in [1.165, 1.54) is 18.3 Å². The highest BCUT2D eigenvalue weighted by Crippen LogP contribution is 2.17. The lowest BCUT2D eigenvalue weighted by atomic mass is 10.0. The molecule has 0 atom stereocenters. The zero-order valence-corrected chi connectivity index (χ0v) is 11.5. The maximum absolute atomic E-state index is 13.6. The molecule has 0 aliphatic heterocycles. The molecule has 0 saturated heterocycles. The third-order valence-corrected chi connectivity index (χ3v) is 3.11. The second-order valence-electron chi connectivity index (χ2n) is 3.70. The quantitative estimate of drug-likeness (QED) is 0.628. The van der Waals surface area contributed by atoms with E-state index in [4.69, 9.17) is 11.6 Å². The number of hydrogen-bond acceptors (Lipinski definition) is 2. The summed E-state index contributed by atoms with van der Waals surface area (Å²) in [6.45, 7) is 0. The summed E-state index contributed by atoms with van der Waals surface area (Å²) in [5, 5.41) is 0.247. The first-order valence-corrected chi connectivity index (χ1v) is 6.32. The Hall–Kier alpha value is -1.26. The number of rotatable bonds is 3. The van der Waals surface area contributed by atoms with Gasteiger partial charge in [0.25, 0.3) is 0 Å². The van der Waals surface area contributed by atoms with Crippen molar-refractivity contribution in [2.45, 2.75) is 6.42 Å². The van der Waals surface area contributed by atoms with Crippen molar-refractivity contribution in [1.82, 2.24) is 4.98 Å². The number of carbonyl (C=O) groups excluding carboxylic acids is 1. The molecular weight excluding hydrogens is 321 g/mol. The lowest BCUT2D eigenvalue weighted by Crippen LogP contribution is -2.05. The minimum absolute atomic E-state index is 0.000540. The summed E-state index contributed by atoms with van der Waals surface area (Å²) in [6.07, 6.45) is 1.45. The molecule has 0 aliphatic rings. The first-order chi connectivity index (χ1) is 8.56. The number of pyridine rings is 1. The van der Waals surface area contributed by atoms with Crippen molar-refractivity contribution >= 4 is 33.3 Å². The van der Waals surface area contributed by atoms with E-state index in [-0.39, 0.29) is 17.4 Å². The van der Waals surface area contributed by atoms with Crippen LogP contribution < -0.4 is 0 Å². The summed E-state index contributed by atoms with van der Waals surface area (Å²) in [7, 11) is 0. The lowest BCUT2D eigenvalue weighted by molar-refractivity contribution is 0.0991. The zero-order valence-electron chi connectivity index (χ0n) is 9.16. The van der Waals surface area contributed by atoms with Gasteiger partial charge in [-0.05, 0) is 29.8 Å². The van der Waals surface area contributed by atoms with Crippen molar-refractivity contribution in [1.29, 1.82) is 0 Å². The first kappa shape index (κ1) is 13.2. The van der Waals surface area contributed by atoms with E-state index in [0.29, 0.717) is 15.6 Å². The predicted octanol–water partition coefficient (Wildman–Crippen LogP) is 4.06. The van der Waals surface area contributed by atoms with Crippen LogP contribution in [0.25, 0.3) is 0 Å². The zero-order chi connectivity index (χ0) is 13.1. The first-order valence-electron chi connectivity index (χ1n) is 5.15. The van der Waals surface area contributed by atoms with Gasteiger partial charge in [-0.2, -0.15) is 0 Å². The summed E-state index contributed by atoms with van der Waals surface area (Å²) >= 11 is 8.87. The fourth-order valence-electron chi connectivity index (χ4n) is 1.52. The number of halogens is 3. The Balaban J connectivity index is 2.21. The van der Waals surface area contributed by atoms with Gasteiger partial charge >= 0.3 is 0 Å². The lowest BCUT2D eigenvalue weighted by Gasteiger charge is -2.03. The average Bonchev–Trinajstić information content (AvgIpc) is 2.32. The van der Waals surface area contributed by atoms with E-state index in [0.717, 1.165) is 0 Å². The summed E-state index contributed by atoms with van der Waals surface area (Å²) in [5.41, 5.74) is 0.786. The molecule has 0 unspecified atom stereocenters. The highest BCUT2D eigenvalue weighted by atomic mass is 79.9. The van der Waals surface area contributed by atoms with Gasteiger partial charge in [0.15, 0.2) is 5.78 Å². The molecule has 0 bridgehead atoms. The number of aromatic nitrogens is 1. The highest BCUT2D eigenvalue weighted by Gasteiger charge is 2.11. The molecule has 2 rings (SSSR count). The number of hydrogen-bond donors (Lipinski definition) is 0. The third-order valence-electron chi connectivity index (χ3n) is 2.41. The SMILES string of the molecule is O=C(Cc1ccc(Br)cc1F)c1ccnc(Cl)c1. The molecule has 0 saturated carbocycles. The molecule has 18 heavy (non-hydrogen) atoms. The van der Waals surface area contributed by atoms with E-state index < -0.39 is 5.82 Å². The molecular formula is C13H8BrClFNO. The van der Waals surface area contributed by atoms with Crippen molar-refractivity contribution in [3.63, 3.8) is 0 Å². The van der Waals surface area contributed by atoms with Crippen LogP contribution in [0.2, 0.25) is 5.15 Å². The fourth-order valence-corrected chi connectivity index (χ4v) is 2.02. The summed E-state index contributed by atoms with van der Waals surface area (Å²) in [5.74, 6) is -0.599. The molecule has 0 amide bonds. The van der Waals surface area contributed by atoms with Gasteiger partial charge in [0.2, 0.25) is 0 Å². The van der Waals surface area contributed by atoms with Crippen molar-refractivity contribution < 1.29 is 9.18 Å². The van der Waals surface area contributed by atoms with E-state index in [2.05, 4.69) is 20.9 Å². The minimum atomic E-state index is -0.405. The van der Waals surface area contributed by atoms with Gasteiger partial charge in [-0.25, -0.2) is 9.37 Å². The van der Waals surface area contributed by atoms with Crippen LogP contribution in [0.4, 0.5) is 4.39 Å². The van der Waals surface area contributed by atoms with Crippen LogP contribution >= 0.6 is 27.5 Å². The maximum Gasteiger partial charge on any atom is 0.167 e. The molecule has 2 aromatic rings. The van der Waals surface area contributed by atoms with Crippen LogP contribution in [-0.2, 0) is 6.42 Å². The molecule has 0 fully saturated rings. The largest absolute Gasteiger partial charge is 0.294 e. The van der Waals surface area contributed by atoms with Gasteiger partial charge in [-0.15, -0.1) is 0 Å². The van der Waals surface area contributed by atoms with Crippen molar-refractivity contribution in [3.05, 3.63) is 63.1 Å². The molecule has 92 valence electrons. The number of nitrogens with zero attached hydrogens (tertiary/aromatic N) is 1. The number of ketones is 1. The van der Waals surface area contributed by atoms with E-state index in [1.807, 2.05) is 0 Å². The van der Waals surface area contributed by atoms with Crippen LogP contribution in [0.5, 0.6) is 0 Å². The maximum atomic E-state index is 13.6. The van der Waals surface area contributed by atoms with Gasteiger partial charge in [0.1, 0.15) is 11.0 Å². The van der Waals surface area contributed by atoms with Gasteiger partial charge in [0, 0.05) is 22.7 Å². The van der Waals surface area contributed by atoms with Crippen LogP contribution in [0.1, 0.15) is 15.9 Å². The van der Waals surface area contributed by atoms with Crippen LogP contribution in [-0.4, -0.2) is 10.8 Å². The van der Waals surface area contributed by atoms with Crippen molar-refractivity contribution in [2.75, 3.05) is 0 Å². The molecule has 5 heteroatoms. The molecule has 1 aromatic carbocycles. The Morgan fingerprint density at radius 2 is 2.11 bits per heavy atom. The Kier molecular flexibility index (Phi) is 4.09. The second-order valence-corrected chi connectivity index (χ2v) is 5.01. The highest BCUT2D eigenvalue weighted by molar-refractivity contribution is 9.10. The molecule has 0 radical (unpaired) electrons. The Bertz CT molecular complexity index is 603. The monoisotopic (exact) mass is 327 g/mol. The molecule has 1 aromatic heterocycles. The molecule has 0 aliphatic carbocycles. The Morgan fingerprint density at radius 1 is 1.33 bits per heavy atom. The van der Waals surface area contributed by atoms with Crippen LogP contribution in [0, 0.1) is 5.82 Å². The topological polar surface area (TPSA) is 30.0 Å². The number of Topliss-reactive ketones (excluding diaryl/α,β-unsaturated/α-hetero) is 1. The van der Waals surface area contributed by atoms with Crippen LogP contribution in [0.3, 0.4) is 0 Å². The Morgan fingerprint density at radius 3 is 2.78 bits per heavy atom. The fraction of sp³-hybridized carbons (Fsp3) is 0.0769. The van der Waals surface area contributed by atoms with Crippen molar-refractivity contribution in [3.8, 4) is 0 Å². The molecule has 0 spiro atoms. The van der Waals surface area contributed by atoms with Gasteiger partial charge in [-0.1, -0.05) is 33.6 Å². The summed E-state index contributed by atoms with van der Waals surface area (Å²) < 4.78 is 14.2. The molecule has 2 nitrogen and oxygen atoms in total. The smallest absolute Gasteiger partial charge is 0.167 e. The number of benzene rings is 1. The van der Waals surface area contributed by atoms with E-state index in [9.17, 15) is 9.18 Å². The standard InChI is InChI=1S/C13H8BrClFNO/c14-10-2-1-8(11(16)7-10)5-12(18)9-3-4-17-13(15)6-9/h1-4,6-7H,5H2. The second kappa shape index (κ2) is 5.59. The molecule has 1 heterocycles. The minimum Gasteiger partial charge on any atom is -0.294 e. The van der Waals surface area contributed by atoms with E-state index >= 15 is 0 Å². The number of carbonyl (C=O) groups is 1. The third kappa shape index (κ3) is 3.15. The summed E-state index contributed by atoms with van der Waals surface area (Å²) in [6, 6.07) is 7.65. The Labute approximate surface area is 117 Å². The normalized spacial score (nSPS) is 10.4. The summed E-state index contributed by atoms with van der Waals surface area (Å²) in [4.78, 5) is 15.7. The van der Waals surface area contributed by atoms with Gasteiger partial charge < -0.3 is 0 Å². The average molecular weight is 329 g/mol. The van der Waals surface area contributed by atoms with Gasteiger partial charge in [-0.3, -0.25) is 4.79 Å². The van der Waals surface area contributed by atoms with Gasteiger partial charge in [0.05, 0.1) is 0 Å². The van der Waals surface area contributed by atoms with Crippen molar-refractivity contribution in [2.24, 2.45) is 0 Å². The van der Waals surface area contributed by atoms with E-state index in [1.54, 1.807) is 18.2 Å².